The maximum atomic E-state index is 12.3. The Labute approximate surface area is 169 Å². The van der Waals surface area contributed by atoms with E-state index in [0.717, 1.165) is 12.8 Å². The highest BCUT2D eigenvalue weighted by Crippen LogP contribution is 2.17. The summed E-state index contributed by atoms with van der Waals surface area (Å²) in [6, 6.07) is 20.6. The first-order valence-corrected chi connectivity index (χ1v) is 9.39. The molecule has 0 fully saturated rings. The molecule has 1 amide bonds. The number of amides is 1. The van der Waals surface area contributed by atoms with Crippen LogP contribution < -0.4 is 10.6 Å². The fourth-order valence-electron chi connectivity index (χ4n) is 2.83. The number of benzene rings is 2. The van der Waals surface area contributed by atoms with E-state index in [-0.39, 0.29) is 5.91 Å². The van der Waals surface area contributed by atoms with Crippen LogP contribution in [0.1, 0.15) is 32.7 Å². The molecule has 2 N–H and O–H groups in total. The molecule has 0 atom stereocenters. The van der Waals surface area contributed by atoms with Crippen molar-refractivity contribution in [1.29, 1.82) is 0 Å². The van der Waals surface area contributed by atoms with Gasteiger partial charge in [0.15, 0.2) is 0 Å². The van der Waals surface area contributed by atoms with Crippen LogP contribution in [0.25, 0.3) is 0 Å². The summed E-state index contributed by atoms with van der Waals surface area (Å²) in [6.45, 7) is 0.605. The lowest BCUT2D eigenvalue weighted by molar-refractivity contribution is 0.0600. The Morgan fingerprint density at radius 1 is 0.966 bits per heavy atom. The largest absolute Gasteiger partial charge is 0.465 e. The molecular formula is C23H23N3O3. The molecule has 0 bridgehead atoms. The SMILES string of the molecule is COC(=O)c1cccc(Nc2ccc(C(=O)NCCCc3ccccc3)cn2)c1. The summed E-state index contributed by atoms with van der Waals surface area (Å²) in [6.07, 6.45) is 3.32. The van der Waals surface area contributed by atoms with E-state index in [9.17, 15) is 9.59 Å². The molecule has 3 rings (SSSR count). The van der Waals surface area contributed by atoms with Gasteiger partial charge in [0.05, 0.1) is 18.2 Å². The third-order valence-electron chi connectivity index (χ3n) is 4.35. The van der Waals surface area contributed by atoms with Gasteiger partial charge in [-0.3, -0.25) is 4.79 Å². The number of nitrogens with one attached hydrogen (secondary N) is 2. The molecular weight excluding hydrogens is 366 g/mol. The molecule has 0 saturated carbocycles. The Morgan fingerprint density at radius 3 is 2.52 bits per heavy atom. The van der Waals surface area contributed by atoms with Crippen molar-refractivity contribution < 1.29 is 14.3 Å². The van der Waals surface area contributed by atoms with Crippen LogP contribution in [-0.2, 0) is 11.2 Å². The summed E-state index contributed by atoms with van der Waals surface area (Å²) in [5, 5.41) is 6.02. The van der Waals surface area contributed by atoms with Crippen LogP contribution >= 0.6 is 0 Å². The average Bonchev–Trinajstić information content (AvgIpc) is 2.77. The summed E-state index contributed by atoms with van der Waals surface area (Å²) in [4.78, 5) is 28.1. The molecule has 0 aliphatic carbocycles. The van der Waals surface area contributed by atoms with Gasteiger partial charge in [0, 0.05) is 18.4 Å². The zero-order valence-electron chi connectivity index (χ0n) is 16.2. The number of hydrogen-bond acceptors (Lipinski definition) is 5. The van der Waals surface area contributed by atoms with Gasteiger partial charge in [0.2, 0.25) is 0 Å². The fraction of sp³-hybridized carbons (Fsp3) is 0.174. The first-order valence-electron chi connectivity index (χ1n) is 9.39. The summed E-state index contributed by atoms with van der Waals surface area (Å²) in [5.41, 5.74) is 2.91. The molecule has 0 aliphatic heterocycles. The first-order chi connectivity index (χ1) is 14.2. The van der Waals surface area contributed by atoms with Gasteiger partial charge in [-0.05, 0) is 48.7 Å². The molecule has 1 heterocycles. The van der Waals surface area contributed by atoms with Crippen molar-refractivity contribution in [2.75, 3.05) is 19.0 Å². The van der Waals surface area contributed by atoms with Crippen molar-refractivity contribution in [2.24, 2.45) is 0 Å². The Balaban J connectivity index is 1.50. The van der Waals surface area contributed by atoms with Crippen LogP contribution in [0.5, 0.6) is 0 Å². The van der Waals surface area contributed by atoms with E-state index in [2.05, 4.69) is 27.8 Å². The van der Waals surface area contributed by atoms with E-state index in [1.165, 1.54) is 18.9 Å². The van der Waals surface area contributed by atoms with E-state index < -0.39 is 5.97 Å². The van der Waals surface area contributed by atoms with Crippen molar-refractivity contribution in [3.63, 3.8) is 0 Å². The minimum Gasteiger partial charge on any atom is -0.465 e. The second kappa shape index (κ2) is 10.0. The second-order valence-electron chi connectivity index (χ2n) is 6.47. The second-order valence-corrected chi connectivity index (χ2v) is 6.47. The number of esters is 1. The van der Waals surface area contributed by atoms with Gasteiger partial charge >= 0.3 is 5.97 Å². The summed E-state index contributed by atoms with van der Waals surface area (Å²) in [7, 11) is 1.34. The van der Waals surface area contributed by atoms with E-state index in [1.807, 2.05) is 24.3 Å². The minimum atomic E-state index is -0.402. The molecule has 1 aromatic heterocycles. The smallest absolute Gasteiger partial charge is 0.337 e. The lowest BCUT2D eigenvalue weighted by atomic mass is 10.1. The monoisotopic (exact) mass is 389 g/mol. The zero-order valence-corrected chi connectivity index (χ0v) is 16.2. The molecule has 6 heteroatoms. The van der Waals surface area contributed by atoms with Gasteiger partial charge in [-0.15, -0.1) is 0 Å². The van der Waals surface area contributed by atoms with Gasteiger partial charge < -0.3 is 15.4 Å². The number of aryl methyl sites for hydroxylation is 1. The summed E-state index contributed by atoms with van der Waals surface area (Å²) >= 11 is 0. The van der Waals surface area contributed by atoms with E-state index in [4.69, 9.17) is 4.74 Å². The first kappa shape index (κ1) is 20.1. The van der Waals surface area contributed by atoms with Crippen LogP contribution in [0.3, 0.4) is 0 Å². The lowest BCUT2D eigenvalue weighted by Crippen LogP contribution is -2.24. The van der Waals surface area contributed by atoms with E-state index in [0.29, 0.717) is 29.2 Å². The summed E-state index contributed by atoms with van der Waals surface area (Å²) in [5.74, 6) is 0.0262. The van der Waals surface area contributed by atoms with Crippen molar-refractivity contribution in [3.8, 4) is 0 Å². The highest BCUT2D eigenvalue weighted by molar-refractivity contribution is 5.94. The molecule has 2 aromatic carbocycles. The summed E-state index contributed by atoms with van der Waals surface area (Å²) < 4.78 is 4.72. The number of anilines is 2. The van der Waals surface area contributed by atoms with Gasteiger partial charge in [0.1, 0.15) is 5.82 Å². The van der Waals surface area contributed by atoms with Crippen LogP contribution in [0, 0.1) is 0 Å². The third-order valence-corrected chi connectivity index (χ3v) is 4.35. The van der Waals surface area contributed by atoms with Crippen LogP contribution in [0.15, 0.2) is 72.9 Å². The molecule has 3 aromatic rings. The maximum Gasteiger partial charge on any atom is 0.337 e. The highest BCUT2D eigenvalue weighted by atomic mass is 16.5. The van der Waals surface area contributed by atoms with Crippen molar-refractivity contribution in [2.45, 2.75) is 12.8 Å². The van der Waals surface area contributed by atoms with Crippen LogP contribution in [-0.4, -0.2) is 30.5 Å². The van der Waals surface area contributed by atoms with E-state index >= 15 is 0 Å². The number of ether oxygens (including phenoxy) is 1. The van der Waals surface area contributed by atoms with Gasteiger partial charge in [-0.25, -0.2) is 9.78 Å². The van der Waals surface area contributed by atoms with Crippen molar-refractivity contribution >= 4 is 23.4 Å². The number of methoxy groups -OCH3 is 1. The Kier molecular flexibility index (Phi) is 6.95. The molecule has 148 valence electrons. The van der Waals surface area contributed by atoms with Gasteiger partial charge in [-0.1, -0.05) is 36.4 Å². The number of hydrogen-bond donors (Lipinski definition) is 2. The standard InChI is InChI=1S/C23H23N3O3/c1-29-23(28)18-10-5-11-20(15-18)26-21-13-12-19(16-25-21)22(27)24-14-6-9-17-7-3-2-4-8-17/h2-5,7-8,10-13,15-16H,6,9,14H2,1H3,(H,24,27)(H,25,26). The topological polar surface area (TPSA) is 80.3 Å². The normalized spacial score (nSPS) is 10.2. The Hall–Kier alpha value is -3.67. The van der Waals surface area contributed by atoms with E-state index in [1.54, 1.807) is 30.3 Å². The zero-order chi connectivity index (χ0) is 20.5. The molecule has 29 heavy (non-hydrogen) atoms. The molecule has 0 unspecified atom stereocenters. The number of aromatic nitrogens is 1. The molecule has 6 nitrogen and oxygen atoms in total. The van der Waals surface area contributed by atoms with Crippen molar-refractivity contribution in [1.82, 2.24) is 10.3 Å². The third kappa shape index (κ3) is 5.90. The molecule has 0 spiro atoms. The Bertz CT molecular complexity index is 957. The van der Waals surface area contributed by atoms with Gasteiger partial charge in [-0.2, -0.15) is 0 Å². The van der Waals surface area contributed by atoms with Crippen LogP contribution in [0.4, 0.5) is 11.5 Å². The number of pyridine rings is 1. The molecule has 0 aliphatic rings. The Morgan fingerprint density at radius 2 is 1.79 bits per heavy atom. The highest BCUT2D eigenvalue weighted by Gasteiger charge is 2.08. The van der Waals surface area contributed by atoms with Gasteiger partial charge in [0.25, 0.3) is 5.91 Å². The predicted molar refractivity (Wildman–Crippen MR) is 112 cm³/mol. The minimum absolute atomic E-state index is 0.148. The number of nitrogens with zero attached hydrogens (tertiary/aromatic N) is 1. The average molecular weight is 389 g/mol. The number of carbonyl (C=O) groups is 2. The van der Waals surface area contributed by atoms with Crippen LogP contribution in [0.2, 0.25) is 0 Å². The molecule has 0 radical (unpaired) electrons. The number of rotatable bonds is 8. The predicted octanol–water partition coefficient (Wildman–Crippen LogP) is 3.97. The number of carbonyl (C=O) groups excluding carboxylic acids is 2. The maximum absolute atomic E-state index is 12.3. The van der Waals surface area contributed by atoms with Crippen molar-refractivity contribution in [3.05, 3.63) is 89.6 Å². The molecule has 0 saturated heterocycles. The quantitative estimate of drug-likeness (QED) is 0.450. The fourth-order valence-corrected chi connectivity index (χ4v) is 2.83. The lowest BCUT2D eigenvalue weighted by Gasteiger charge is -2.08.